The lowest BCUT2D eigenvalue weighted by atomic mass is 10.1. The number of fused-ring (bicyclic) bond motifs is 1. The summed E-state index contributed by atoms with van der Waals surface area (Å²) in [5.41, 5.74) is 9.00. The second-order valence-electron chi connectivity index (χ2n) is 4.75. The van der Waals surface area contributed by atoms with E-state index < -0.39 is 0 Å². The number of benzene rings is 1. The summed E-state index contributed by atoms with van der Waals surface area (Å²) in [6.45, 7) is 4.55. The first kappa shape index (κ1) is 12.9. The molecule has 0 unspecified atom stereocenters. The van der Waals surface area contributed by atoms with Crippen molar-refractivity contribution in [2.75, 3.05) is 18.9 Å². The second kappa shape index (κ2) is 5.87. The van der Waals surface area contributed by atoms with Crippen LogP contribution < -0.4 is 5.73 Å². The van der Waals surface area contributed by atoms with Gasteiger partial charge in [-0.1, -0.05) is 19.4 Å². The van der Waals surface area contributed by atoms with Gasteiger partial charge in [0.15, 0.2) is 0 Å². The van der Waals surface area contributed by atoms with Crippen LogP contribution >= 0.6 is 0 Å². The van der Waals surface area contributed by atoms with Gasteiger partial charge in [0.1, 0.15) is 0 Å². The molecule has 1 aliphatic heterocycles. The van der Waals surface area contributed by atoms with Crippen molar-refractivity contribution in [3.05, 3.63) is 29.3 Å². The minimum Gasteiger partial charge on any atom is -0.465 e. The topological polar surface area (TPSA) is 55.6 Å². The molecule has 0 amide bonds. The van der Waals surface area contributed by atoms with E-state index in [9.17, 15) is 4.79 Å². The fourth-order valence-corrected chi connectivity index (χ4v) is 2.16. The lowest BCUT2D eigenvalue weighted by molar-refractivity contribution is -0.145. The maximum Gasteiger partial charge on any atom is 0.320 e. The van der Waals surface area contributed by atoms with Crippen LogP contribution in [0, 0.1) is 0 Å². The molecule has 0 aliphatic carbocycles. The van der Waals surface area contributed by atoms with Gasteiger partial charge in [-0.2, -0.15) is 0 Å². The van der Waals surface area contributed by atoms with Crippen molar-refractivity contribution >= 4 is 11.7 Å². The molecule has 0 saturated carbocycles. The number of esters is 1. The van der Waals surface area contributed by atoms with Crippen LogP contribution in [0.25, 0.3) is 0 Å². The van der Waals surface area contributed by atoms with Gasteiger partial charge in [0.25, 0.3) is 0 Å². The minimum absolute atomic E-state index is 0.135. The lowest BCUT2D eigenvalue weighted by Gasteiger charge is -2.13. The molecule has 1 aromatic rings. The number of nitrogen functional groups attached to an aromatic ring is 1. The summed E-state index contributed by atoms with van der Waals surface area (Å²) in [7, 11) is 0. The van der Waals surface area contributed by atoms with E-state index in [4.69, 9.17) is 10.5 Å². The molecule has 0 radical (unpaired) electrons. The van der Waals surface area contributed by atoms with E-state index in [1.54, 1.807) is 0 Å². The Morgan fingerprint density at radius 3 is 2.94 bits per heavy atom. The van der Waals surface area contributed by atoms with E-state index in [1.807, 2.05) is 18.2 Å². The van der Waals surface area contributed by atoms with Crippen LogP contribution in [0.1, 0.15) is 30.9 Å². The monoisotopic (exact) mass is 248 g/mol. The van der Waals surface area contributed by atoms with Crippen molar-refractivity contribution in [3.63, 3.8) is 0 Å². The highest BCUT2D eigenvalue weighted by molar-refractivity contribution is 5.71. The molecule has 0 saturated heterocycles. The normalized spacial score (nSPS) is 14.5. The van der Waals surface area contributed by atoms with Crippen LogP contribution in [0.4, 0.5) is 5.69 Å². The smallest absolute Gasteiger partial charge is 0.320 e. The van der Waals surface area contributed by atoms with Crippen LogP contribution in [0.5, 0.6) is 0 Å². The quantitative estimate of drug-likeness (QED) is 0.491. The van der Waals surface area contributed by atoms with E-state index in [2.05, 4.69) is 11.8 Å². The van der Waals surface area contributed by atoms with Crippen LogP contribution in [0.2, 0.25) is 0 Å². The summed E-state index contributed by atoms with van der Waals surface area (Å²) >= 11 is 0. The molecule has 4 heteroatoms. The zero-order chi connectivity index (χ0) is 13.0. The van der Waals surface area contributed by atoms with Gasteiger partial charge in [0.05, 0.1) is 13.2 Å². The number of carbonyl (C=O) groups is 1. The average molecular weight is 248 g/mol. The average Bonchev–Trinajstić information content (AvgIpc) is 2.70. The number of nitrogens with two attached hydrogens (primary N) is 1. The van der Waals surface area contributed by atoms with Gasteiger partial charge in [-0.15, -0.1) is 0 Å². The van der Waals surface area contributed by atoms with Gasteiger partial charge >= 0.3 is 5.97 Å². The number of nitrogens with zero attached hydrogens (tertiary/aromatic N) is 1. The van der Waals surface area contributed by atoms with Crippen LogP contribution in [-0.4, -0.2) is 24.0 Å². The second-order valence-corrected chi connectivity index (χ2v) is 4.75. The van der Waals surface area contributed by atoms with Gasteiger partial charge in [-0.05, 0) is 29.7 Å². The Balaban J connectivity index is 1.82. The number of ether oxygens (including phenoxy) is 1. The molecular formula is C14H20N2O2. The van der Waals surface area contributed by atoms with Gasteiger partial charge in [-0.25, -0.2) is 0 Å². The fourth-order valence-electron chi connectivity index (χ4n) is 2.16. The summed E-state index contributed by atoms with van der Waals surface area (Å²) in [5.74, 6) is -0.135. The highest BCUT2D eigenvalue weighted by Gasteiger charge is 2.21. The van der Waals surface area contributed by atoms with Crippen molar-refractivity contribution in [2.45, 2.75) is 32.9 Å². The predicted molar refractivity (Wildman–Crippen MR) is 70.8 cm³/mol. The van der Waals surface area contributed by atoms with Crippen molar-refractivity contribution in [1.82, 2.24) is 4.90 Å². The summed E-state index contributed by atoms with van der Waals surface area (Å²) < 4.78 is 5.16. The Morgan fingerprint density at radius 2 is 2.17 bits per heavy atom. The number of anilines is 1. The molecule has 1 heterocycles. The highest BCUT2D eigenvalue weighted by atomic mass is 16.5. The molecule has 0 aromatic heterocycles. The van der Waals surface area contributed by atoms with Crippen LogP contribution in [-0.2, 0) is 22.6 Å². The molecule has 4 nitrogen and oxygen atoms in total. The first-order valence-electron chi connectivity index (χ1n) is 6.44. The van der Waals surface area contributed by atoms with Crippen molar-refractivity contribution in [3.8, 4) is 0 Å². The van der Waals surface area contributed by atoms with Crippen LogP contribution in [0.3, 0.4) is 0 Å². The van der Waals surface area contributed by atoms with Gasteiger partial charge in [0.2, 0.25) is 0 Å². The highest BCUT2D eigenvalue weighted by Crippen LogP contribution is 2.24. The predicted octanol–water partition coefficient (Wildman–Crippen LogP) is 1.93. The fraction of sp³-hybridized carbons (Fsp3) is 0.500. The Labute approximate surface area is 108 Å². The molecule has 1 aliphatic rings. The Bertz CT molecular complexity index is 432. The lowest BCUT2D eigenvalue weighted by Crippen LogP contribution is -2.26. The Morgan fingerprint density at radius 1 is 1.39 bits per heavy atom. The Kier molecular flexibility index (Phi) is 4.20. The van der Waals surface area contributed by atoms with Crippen LogP contribution in [0.15, 0.2) is 18.2 Å². The first-order valence-corrected chi connectivity index (χ1v) is 6.44. The zero-order valence-corrected chi connectivity index (χ0v) is 10.8. The molecule has 0 atom stereocenters. The minimum atomic E-state index is -0.135. The molecular weight excluding hydrogens is 228 g/mol. The molecule has 0 fully saturated rings. The third-order valence-corrected chi connectivity index (χ3v) is 3.13. The summed E-state index contributed by atoms with van der Waals surface area (Å²) in [6.07, 6.45) is 1.98. The molecule has 18 heavy (non-hydrogen) atoms. The summed E-state index contributed by atoms with van der Waals surface area (Å²) in [5, 5.41) is 0. The summed E-state index contributed by atoms with van der Waals surface area (Å²) in [4.78, 5) is 13.7. The number of hydrogen-bond donors (Lipinski definition) is 1. The maximum atomic E-state index is 11.6. The van der Waals surface area contributed by atoms with Gasteiger partial charge in [0, 0.05) is 18.8 Å². The molecule has 1 aromatic carbocycles. The van der Waals surface area contributed by atoms with Crippen molar-refractivity contribution < 1.29 is 9.53 Å². The van der Waals surface area contributed by atoms with Gasteiger partial charge in [-0.3, -0.25) is 9.69 Å². The maximum absolute atomic E-state index is 11.6. The van der Waals surface area contributed by atoms with E-state index in [-0.39, 0.29) is 5.97 Å². The first-order chi connectivity index (χ1) is 8.69. The molecule has 98 valence electrons. The largest absolute Gasteiger partial charge is 0.465 e. The third-order valence-electron chi connectivity index (χ3n) is 3.13. The Hall–Kier alpha value is -1.55. The van der Waals surface area contributed by atoms with E-state index in [0.717, 1.165) is 31.6 Å². The molecule has 0 bridgehead atoms. The van der Waals surface area contributed by atoms with Crippen molar-refractivity contribution in [2.24, 2.45) is 0 Å². The van der Waals surface area contributed by atoms with E-state index in [0.29, 0.717) is 13.2 Å². The molecule has 2 rings (SSSR count). The SMILES string of the molecule is CCCCOC(=O)CN1Cc2ccc(N)cc2C1. The summed E-state index contributed by atoms with van der Waals surface area (Å²) in [6, 6.07) is 5.92. The molecule has 0 spiro atoms. The standard InChI is InChI=1S/C14H20N2O2/c1-2-3-6-18-14(17)10-16-8-11-4-5-13(15)7-12(11)9-16/h4-5,7H,2-3,6,8-10,15H2,1H3. The van der Waals surface area contributed by atoms with E-state index >= 15 is 0 Å². The number of hydrogen-bond acceptors (Lipinski definition) is 4. The number of unbranched alkanes of at least 4 members (excludes halogenated alkanes) is 1. The van der Waals surface area contributed by atoms with Gasteiger partial charge < -0.3 is 10.5 Å². The number of rotatable bonds is 5. The van der Waals surface area contributed by atoms with E-state index in [1.165, 1.54) is 11.1 Å². The third kappa shape index (κ3) is 3.23. The number of carbonyl (C=O) groups excluding carboxylic acids is 1. The van der Waals surface area contributed by atoms with Crippen molar-refractivity contribution in [1.29, 1.82) is 0 Å². The zero-order valence-electron chi connectivity index (χ0n) is 10.8. The molecule has 2 N–H and O–H groups in total.